The van der Waals surface area contributed by atoms with Gasteiger partial charge < -0.3 is 0 Å². The molecule has 0 aliphatic carbocycles. The van der Waals surface area contributed by atoms with E-state index in [9.17, 15) is 9.59 Å². The van der Waals surface area contributed by atoms with Crippen LogP contribution in [0.1, 0.15) is 10.4 Å². The van der Waals surface area contributed by atoms with E-state index in [1.54, 1.807) is 60.7 Å². The van der Waals surface area contributed by atoms with Crippen molar-refractivity contribution in [3.8, 4) is 0 Å². The minimum atomic E-state index is -0.438. The number of para-hydroxylation sites is 2. The minimum Gasteiger partial charge on any atom is -0.289 e. The maximum Gasteiger partial charge on any atom is 0.282 e. The number of anilines is 2. The molecule has 0 radical (unpaired) electrons. The highest BCUT2D eigenvalue weighted by Crippen LogP contribution is 2.31. The van der Waals surface area contributed by atoms with Gasteiger partial charge in [0.1, 0.15) is 5.70 Å². The predicted octanol–water partition coefficient (Wildman–Crippen LogP) is 4.89. The van der Waals surface area contributed by atoms with E-state index in [0.717, 1.165) is 0 Å². The smallest absolute Gasteiger partial charge is 0.282 e. The highest BCUT2D eigenvalue weighted by molar-refractivity contribution is 6.36. The van der Waals surface area contributed by atoms with Crippen molar-refractivity contribution in [3.05, 3.63) is 107 Å². The van der Waals surface area contributed by atoms with Gasteiger partial charge in [-0.15, -0.1) is 0 Å². The zero-order chi connectivity index (χ0) is 20.4. The molecule has 0 saturated carbocycles. The number of ketones is 1. The number of allylic oxidation sites excluding steroid dienone is 1. The van der Waals surface area contributed by atoms with E-state index in [4.69, 9.17) is 17.0 Å². The molecule has 3 aromatic rings. The van der Waals surface area contributed by atoms with Gasteiger partial charge in [-0.1, -0.05) is 48.0 Å². The summed E-state index contributed by atoms with van der Waals surface area (Å²) in [7, 11) is 0. The summed E-state index contributed by atoms with van der Waals surface area (Å²) in [6, 6.07) is 24.4. The number of rotatable bonds is 4. The number of hydrogen-bond acceptors (Lipinski definition) is 3. The summed E-state index contributed by atoms with van der Waals surface area (Å²) in [5.41, 5.74) is 1.71. The third-order valence-corrected chi connectivity index (χ3v) is 4.76. The second-order valence-electron chi connectivity index (χ2n) is 6.37. The molecule has 142 valence electrons. The molecule has 0 aromatic heterocycles. The Morgan fingerprint density at radius 2 is 1.31 bits per heavy atom. The summed E-state index contributed by atoms with van der Waals surface area (Å²) < 4.78 is 0. The molecular weight excluding hydrogens is 386 g/mol. The van der Waals surface area contributed by atoms with Gasteiger partial charge in [-0.05, 0) is 48.5 Å². The van der Waals surface area contributed by atoms with Crippen LogP contribution in [0.3, 0.4) is 0 Å². The van der Waals surface area contributed by atoms with Crippen LogP contribution in [0.15, 0.2) is 96.7 Å². The summed E-state index contributed by atoms with van der Waals surface area (Å²) in [5.74, 6) is -0.816. The van der Waals surface area contributed by atoms with Gasteiger partial charge in [-0.3, -0.25) is 19.9 Å². The van der Waals surface area contributed by atoms with Crippen LogP contribution < -0.4 is 9.80 Å². The maximum absolute atomic E-state index is 13.2. The molecule has 1 N–H and O–H groups in total. The number of nitrogens with one attached hydrogen (secondary N) is 1. The molecule has 1 aliphatic heterocycles. The van der Waals surface area contributed by atoms with Gasteiger partial charge in [0.05, 0.1) is 5.69 Å². The summed E-state index contributed by atoms with van der Waals surface area (Å²) in [6.07, 6.45) is 1.27. The van der Waals surface area contributed by atoms with Crippen molar-refractivity contribution in [2.45, 2.75) is 0 Å². The lowest BCUT2D eigenvalue weighted by Crippen LogP contribution is -2.33. The van der Waals surface area contributed by atoms with Gasteiger partial charge in [0.2, 0.25) is 5.96 Å². The van der Waals surface area contributed by atoms with Crippen LogP contribution in [0, 0.1) is 5.41 Å². The molecule has 0 spiro atoms. The molecular formula is C23H16ClN3O2. The highest BCUT2D eigenvalue weighted by atomic mass is 35.5. The molecule has 1 aliphatic rings. The van der Waals surface area contributed by atoms with E-state index >= 15 is 0 Å². The molecule has 3 aromatic carbocycles. The molecule has 5 nitrogen and oxygen atoms in total. The highest BCUT2D eigenvalue weighted by Gasteiger charge is 2.40. The Labute approximate surface area is 173 Å². The summed E-state index contributed by atoms with van der Waals surface area (Å²) in [6.45, 7) is 0. The number of halogens is 1. The van der Waals surface area contributed by atoms with E-state index in [-0.39, 0.29) is 17.4 Å². The van der Waals surface area contributed by atoms with Gasteiger partial charge in [-0.25, -0.2) is 4.90 Å². The average Bonchev–Trinajstić information content (AvgIpc) is 2.99. The Kier molecular flexibility index (Phi) is 4.97. The molecule has 0 unspecified atom stereocenters. The first-order chi connectivity index (χ1) is 14.1. The Morgan fingerprint density at radius 3 is 1.86 bits per heavy atom. The van der Waals surface area contributed by atoms with Gasteiger partial charge >= 0.3 is 0 Å². The average molecular weight is 402 g/mol. The fraction of sp³-hybridized carbons (Fsp3) is 0. The SMILES string of the molecule is N=C1N(c2ccccc2)C(=O)/C(=C\C(=O)c2ccc(Cl)cc2)N1c1ccccc1. The van der Waals surface area contributed by atoms with Crippen LogP contribution in [0.2, 0.25) is 5.02 Å². The van der Waals surface area contributed by atoms with Crippen LogP contribution in [0.4, 0.5) is 11.4 Å². The van der Waals surface area contributed by atoms with Crippen molar-refractivity contribution in [1.82, 2.24) is 0 Å². The Hall–Kier alpha value is -3.70. The number of nitrogens with zero attached hydrogens (tertiary/aromatic N) is 2. The lowest BCUT2D eigenvalue weighted by molar-refractivity contribution is -0.113. The van der Waals surface area contributed by atoms with Crippen LogP contribution in [0.5, 0.6) is 0 Å². The largest absolute Gasteiger partial charge is 0.289 e. The van der Waals surface area contributed by atoms with Gasteiger partial charge in [0.15, 0.2) is 5.78 Å². The normalized spacial score (nSPS) is 15.3. The van der Waals surface area contributed by atoms with E-state index in [2.05, 4.69) is 0 Å². The van der Waals surface area contributed by atoms with Crippen molar-refractivity contribution < 1.29 is 9.59 Å². The van der Waals surface area contributed by atoms with E-state index in [1.807, 2.05) is 24.3 Å². The zero-order valence-electron chi connectivity index (χ0n) is 15.2. The van der Waals surface area contributed by atoms with Crippen molar-refractivity contribution >= 4 is 40.6 Å². The molecule has 1 amide bonds. The standard InChI is InChI=1S/C23H16ClN3O2/c24-17-13-11-16(12-14-17)21(28)15-20-22(29)27(19-9-5-2-6-10-19)23(25)26(20)18-7-3-1-4-8-18/h1-15,25H/b20-15+,25-23?. The van der Waals surface area contributed by atoms with Crippen LogP contribution in [0.25, 0.3) is 0 Å². The number of guanidine groups is 1. The Bertz CT molecular complexity index is 1110. The number of carbonyl (C=O) groups excluding carboxylic acids is 2. The quantitative estimate of drug-likeness (QED) is 0.499. The van der Waals surface area contributed by atoms with Gasteiger partial charge in [0, 0.05) is 22.3 Å². The lowest BCUT2D eigenvalue weighted by Gasteiger charge is -2.20. The van der Waals surface area contributed by atoms with Crippen molar-refractivity contribution in [1.29, 1.82) is 5.41 Å². The fourth-order valence-electron chi connectivity index (χ4n) is 3.12. The van der Waals surface area contributed by atoms with Crippen molar-refractivity contribution in [2.24, 2.45) is 0 Å². The molecule has 6 heteroatoms. The third kappa shape index (κ3) is 3.56. The lowest BCUT2D eigenvalue weighted by atomic mass is 10.1. The van der Waals surface area contributed by atoms with Crippen molar-refractivity contribution in [2.75, 3.05) is 9.80 Å². The number of carbonyl (C=O) groups is 2. The molecule has 0 bridgehead atoms. The van der Waals surface area contributed by atoms with Gasteiger partial charge in [-0.2, -0.15) is 0 Å². The maximum atomic E-state index is 13.2. The summed E-state index contributed by atoms with van der Waals surface area (Å²) in [4.78, 5) is 28.8. The van der Waals surface area contributed by atoms with Gasteiger partial charge in [0.25, 0.3) is 5.91 Å². The van der Waals surface area contributed by atoms with Crippen LogP contribution >= 0.6 is 11.6 Å². The second-order valence-corrected chi connectivity index (χ2v) is 6.81. The van der Waals surface area contributed by atoms with E-state index in [0.29, 0.717) is 22.0 Å². The summed E-state index contributed by atoms with van der Waals surface area (Å²) in [5, 5.41) is 9.16. The minimum absolute atomic E-state index is 0.0393. The first-order valence-corrected chi connectivity index (χ1v) is 9.29. The molecule has 1 fully saturated rings. The van der Waals surface area contributed by atoms with Crippen molar-refractivity contribution in [3.63, 3.8) is 0 Å². The zero-order valence-corrected chi connectivity index (χ0v) is 16.0. The monoisotopic (exact) mass is 401 g/mol. The molecule has 29 heavy (non-hydrogen) atoms. The first-order valence-electron chi connectivity index (χ1n) is 8.91. The third-order valence-electron chi connectivity index (χ3n) is 4.51. The van der Waals surface area contributed by atoms with Crippen LogP contribution in [-0.2, 0) is 4.79 Å². The number of benzene rings is 3. The molecule has 1 heterocycles. The fourth-order valence-corrected chi connectivity index (χ4v) is 3.25. The van der Waals surface area contributed by atoms with Crippen LogP contribution in [-0.4, -0.2) is 17.6 Å². The second kappa shape index (κ2) is 7.73. The Balaban J connectivity index is 1.80. The summed E-state index contributed by atoms with van der Waals surface area (Å²) >= 11 is 5.90. The molecule has 0 atom stereocenters. The van der Waals surface area contributed by atoms with E-state index in [1.165, 1.54) is 15.9 Å². The Morgan fingerprint density at radius 1 is 0.793 bits per heavy atom. The van der Waals surface area contributed by atoms with E-state index < -0.39 is 5.91 Å². The predicted molar refractivity (Wildman–Crippen MR) is 114 cm³/mol. The number of amides is 1. The molecule has 4 rings (SSSR count). The number of hydrogen-bond donors (Lipinski definition) is 1. The first kappa shape index (κ1) is 18.7. The topological polar surface area (TPSA) is 64.5 Å². The molecule has 1 saturated heterocycles.